The lowest BCUT2D eigenvalue weighted by atomic mass is 10.1. The Labute approximate surface area is 149 Å². The number of rotatable bonds is 5. The summed E-state index contributed by atoms with van der Waals surface area (Å²) in [6.07, 6.45) is 2.32. The van der Waals surface area contributed by atoms with Gasteiger partial charge in [0.05, 0.1) is 0 Å². The molecule has 3 rings (SSSR count). The van der Waals surface area contributed by atoms with Crippen molar-refractivity contribution in [3.63, 3.8) is 0 Å². The molecule has 4 nitrogen and oxygen atoms in total. The highest BCUT2D eigenvalue weighted by atomic mass is 19.1. The summed E-state index contributed by atoms with van der Waals surface area (Å²) in [6, 6.07) is 14.0. The quantitative estimate of drug-likeness (QED) is 0.685. The van der Waals surface area contributed by atoms with Gasteiger partial charge < -0.3 is 10.6 Å². The Bertz CT molecular complexity index is 906. The average Bonchev–Trinajstić information content (AvgIpc) is 2.66. The molecule has 132 valence electrons. The third kappa shape index (κ3) is 4.03. The number of nitrogens with zero attached hydrogens (tertiary/aromatic N) is 1. The first-order chi connectivity index (χ1) is 12.6. The van der Waals surface area contributed by atoms with Gasteiger partial charge in [0.1, 0.15) is 23.1 Å². The van der Waals surface area contributed by atoms with E-state index in [4.69, 9.17) is 0 Å². The molecule has 2 aromatic carbocycles. The zero-order chi connectivity index (χ0) is 18.5. The van der Waals surface area contributed by atoms with Crippen LogP contribution in [-0.2, 0) is 6.42 Å². The molecular weight excluding hydrogens is 336 g/mol. The highest BCUT2D eigenvalue weighted by Crippen LogP contribution is 2.22. The molecule has 2 N–H and O–H groups in total. The van der Waals surface area contributed by atoms with E-state index in [2.05, 4.69) is 22.5 Å². The highest BCUT2D eigenvalue weighted by Gasteiger charge is 2.11. The van der Waals surface area contributed by atoms with Crippen molar-refractivity contribution in [1.29, 1.82) is 0 Å². The van der Waals surface area contributed by atoms with Gasteiger partial charge in [0, 0.05) is 17.4 Å². The molecule has 26 heavy (non-hydrogen) atoms. The van der Waals surface area contributed by atoms with Crippen LogP contribution in [0.2, 0.25) is 0 Å². The van der Waals surface area contributed by atoms with Gasteiger partial charge in [-0.15, -0.1) is 0 Å². The predicted octanol–water partition coefficient (Wildman–Crippen LogP) is 4.92. The minimum absolute atomic E-state index is 0.169. The van der Waals surface area contributed by atoms with Gasteiger partial charge in [-0.2, -0.15) is 0 Å². The summed E-state index contributed by atoms with van der Waals surface area (Å²) in [4.78, 5) is 16.4. The van der Waals surface area contributed by atoms with Gasteiger partial charge in [-0.3, -0.25) is 4.79 Å². The van der Waals surface area contributed by atoms with Crippen molar-refractivity contribution in [3.05, 3.63) is 83.6 Å². The highest BCUT2D eigenvalue weighted by molar-refractivity contribution is 6.04. The van der Waals surface area contributed by atoms with E-state index in [1.807, 2.05) is 24.3 Å². The van der Waals surface area contributed by atoms with Crippen molar-refractivity contribution in [2.75, 3.05) is 10.6 Å². The van der Waals surface area contributed by atoms with E-state index >= 15 is 0 Å². The Morgan fingerprint density at radius 2 is 1.73 bits per heavy atom. The fourth-order valence-electron chi connectivity index (χ4n) is 2.41. The standard InChI is InChI=1S/C20H17F2N3O/c1-2-13-6-8-15(9-7-13)24-20(26)14-10-11-23-18(12-14)25-19-16(21)4-3-5-17(19)22/h3-12H,2H2,1H3,(H,23,25)(H,24,26). The summed E-state index contributed by atoms with van der Waals surface area (Å²) in [6.45, 7) is 2.05. The van der Waals surface area contributed by atoms with Crippen molar-refractivity contribution >= 4 is 23.1 Å². The van der Waals surface area contributed by atoms with Crippen LogP contribution in [0.1, 0.15) is 22.8 Å². The summed E-state index contributed by atoms with van der Waals surface area (Å²) < 4.78 is 27.5. The third-order valence-corrected chi connectivity index (χ3v) is 3.86. The Kier molecular flexibility index (Phi) is 5.22. The molecule has 1 aromatic heterocycles. The van der Waals surface area contributed by atoms with Crippen LogP contribution in [0.25, 0.3) is 0 Å². The zero-order valence-corrected chi connectivity index (χ0v) is 14.1. The summed E-state index contributed by atoms with van der Waals surface area (Å²) >= 11 is 0. The maximum atomic E-state index is 13.7. The number of para-hydroxylation sites is 1. The average molecular weight is 353 g/mol. The molecule has 0 saturated carbocycles. The van der Waals surface area contributed by atoms with Crippen LogP contribution in [0, 0.1) is 11.6 Å². The normalized spacial score (nSPS) is 10.4. The minimum atomic E-state index is -0.738. The van der Waals surface area contributed by atoms with Gasteiger partial charge >= 0.3 is 0 Å². The van der Waals surface area contributed by atoms with Gasteiger partial charge in [-0.1, -0.05) is 25.1 Å². The van der Waals surface area contributed by atoms with E-state index in [-0.39, 0.29) is 17.4 Å². The largest absolute Gasteiger partial charge is 0.335 e. The maximum absolute atomic E-state index is 13.7. The number of aromatic nitrogens is 1. The maximum Gasteiger partial charge on any atom is 0.255 e. The summed E-state index contributed by atoms with van der Waals surface area (Å²) in [5.74, 6) is -1.65. The van der Waals surface area contributed by atoms with E-state index in [1.54, 1.807) is 0 Å². The molecule has 0 bridgehead atoms. The van der Waals surface area contributed by atoms with Crippen molar-refractivity contribution in [2.45, 2.75) is 13.3 Å². The fraction of sp³-hybridized carbons (Fsp3) is 0.100. The number of pyridine rings is 1. The smallest absolute Gasteiger partial charge is 0.255 e. The van der Waals surface area contributed by atoms with E-state index in [0.717, 1.165) is 18.6 Å². The number of hydrogen-bond donors (Lipinski definition) is 2. The first-order valence-corrected chi connectivity index (χ1v) is 8.14. The van der Waals surface area contributed by atoms with Gasteiger partial charge in [0.15, 0.2) is 0 Å². The molecule has 6 heteroatoms. The van der Waals surface area contributed by atoms with Crippen LogP contribution < -0.4 is 10.6 Å². The topological polar surface area (TPSA) is 54.0 Å². The van der Waals surface area contributed by atoms with Crippen LogP contribution in [0.15, 0.2) is 60.8 Å². The molecule has 0 spiro atoms. The monoisotopic (exact) mass is 353 g/mol. The fourth-order valence-corrected chi connectivity index (χ4v) is 2.41. The summed E-state index contributed by atoms with van der Waals surface area (Å²) in [5, 5.41) is 5.35. The number of benzene rings is 2. The summed E-state index contributed by atoms with van der Waals surface area (Å²) in [7, 11) is 0. The molecule has 0 fully saturated rings. The van der Waals surface area contributed by atoms with E-state index in [1.165, 1.54) is 30.0 Å². The number of aryl methyl sites for hydroxylation is 1. The summed E-state index contributed by atoms with van der Waals surface area (Å²) in [5.41, 5.74) is 1.84. The number of amides is 1. The van der Waals surface area contributed by atoms with Crippen molar-refractivity contribution in [1.82, 2.24) is 4.98 Å². The molecule has 0 atom stereocenters. The molecular formula is C20H17F2N3O. The van der Waals surface area contributed by atoms with Crippen molar-refractivity contribution in [2.24, 2.45) is 0 Å². The SMILES string of the molecule is CCc1ccc(NC(=O)c2ccnc(Nc3c(F)cccc3F)c2)cc1. The first-order valence-electron chi connectivity index (χ1n) is 8.14. The van der Waals surface area contributed by atoms with Gasteiger partial charge in [-0.25, -0.2) is 13.8 Å². The lowest BCUT2D eigenvalue weighted by Gasteiger charge is -2.10. The number of carbonyl (C=O) groups is 1. The van der Waals surface area contributed by atoms with Gasteiger partial charge in [-0.05, 0) is 48.4 Å². The molecule has 0 aliphatic heterocycles. The zero-order valence-electron chi connectivity index (χ0n) is 14.1. The molecule has 1 heterocycles. The number of carbonyl (C=O) groups excluding carboxylic acids is 1. The molecule has 0 aliphatic rings. The van der Waals surface area contributed by atoms with Crippen LogP contribution in [0.3, 0.4) is 0 Å². The second-order valence-electron chi connectivity index (χ2n) is 5.66. The minimum Gasteiger partial charge on any atom is -0.335 e. The Morgan fingerprint density at radius 3 is 2.38 bits per heavy atom. The second kappa shape index (κ2) is 7.74. The molecule has 0 saturated heterocycles. The first kappa shape index (κ1) is 17.5. The lowest BCUT2D eigenvalue weighted by Crippen LogP contribution is -2.12. The molecule has 0 aliphatic carbocycles. The number of hydrogen-bond acceptors (Lipinski definition) is 3. The number of anilines is 3. The van der Waals surface area contributed by atoms with Crippen LogP contribution in [-0.4, -0.2) is 10.9 Å². The van der Waals surface area contributed by atoms with E-state index in [9.17, 15) is 13.6 Å². The van der Waals surface area contributed by atoms with Crippen molar-refractivity contribution < 1.29 is 13.6 Å². The van der Waals surface area contributed by atoms with E-state index < -0.39 is 11.6 Å². The predicted molar refractivity (Wildman–Crippen MR) is 97.7 cm³/mol. The van der Waals surface area contributed by atoms with Crippen molar-refractivity contribution in [3.8, 4) is 0 Å². The molecule has 0 radical (unpaired) electrons. The number of halogens is 2. The molecule has 1 amide bonds. The van der Waals surface area contributed by atoms with Gasteiger partial charge in [0.2, 0.25) is 0 Å². The lowest BCUT2D eigenvalue weighted by molar-refractivity contribution is 0.102. The Morgan fingerprint density at radius 1 is 1.04 bits per heavy atom. The van der Waals surface area contributed by atoms with Crippen LogP contribution >= 0.6 is 0 Å². The second-order valence-corrected chi connectivity index (χ2v) is 5.66. The Hall–Kier alpha value is -3.28. The van der Waals surface area contributed by atoms with Crippen LogP contribution in [0.4, 0.5) is 26.0 Å². The van der Waals surface area contributed by atoms with Crippen LogP contribution in [0.5, 0.6) is 0 Å². The van der Waals surface area contributed by atoms with Gasteiger partial charge in [0.25, 0.3) is 5.91 Å². The molecule has 0 unspecified atom stereocenters. The van der Waals surface area contributed by atoms with E-state index in [0.29, 0.717) is 11.3 Å². The number of nitrogens with one attached hydrogen (secondary N) is 2. The third-order valence-electron chi connectivity index (χ3n) is 3.86. The molecule has 3 aromatic rings. The Balaban J connectivity index is 1.76.